The maximum absolute atomic E-state index is 12.9. The van der Waals surface area contributed by atoms with Crippen LogP contribution < -0.4 is 16.4 Å². The summed E-state index contributed by atoms with van der Waals surface area (Å²) in [5.74, 6) is 0.924. The predicted octanol–water partition coefficient (Wildman–Crippen LogP) is 3.58. The molecule has 4 N–H and O–H groups in total. The van der Waals surface area contributed by atoms with Gasteiger partial charge in [0.25, 0.3) is 5.91 Å². The van der Waals surface area contributed by atoms with Crippen LogP contribution in [-0.2, 0) is 24.9 Å². The number of pyridine rings is 2. The zero-order chi connectivity index (χ0) is 23.2. The molecule has 172 valence electrons. The number of rotatable bonds is 5. The van der Waals surface area contributed by atoms with Gasteiger partial charge in [0.2, 0.25) is 0 Å². The second kappa shape index (κ2) is 8.23. The Hall–Kier alpha value is -3.75. The fraction of sp³-hybridized carbons (Fsp3) is 0.269. The van der Waals surface area contributed by atoms with Gasteiger partial charge < -0.3 is 25.7 Å². The van der Waals surface area contributed by atoms with Gasteiger partial charge in [0.05, 0.1) is 23.6 Å². The first-order valence-corrected chi connectivity index (χ1v) is 11.5. The topological polar surface area (TPSA) is 107 Å². The highest BCUT2D eigenvalue weighted by Gasteiger charge is 2.27. The lowest BCUT2D eigenvalue weighted by molar-refractivity contribution is 0.0966. The van der Waals surface area contributed by atoms with Gasteiger partial charge in [-0.05, 0) is 52.9 Å². The van der Waals surface area contributed by atoms with Crippen molar-refractivity contribution >= 4 is 28.4 Å². The van der Waals surface area contributed by atoms with Crippen LogP contribution >= 0.6 is 0 Å². The third-order valence-corrected chi connectivity index (χ3v) is 6.86. The molecule has 1 aromatic carbocycles. The van der Waals surface area contributed by atoms with E-state index >= 15 is 0 Å². The van der Waals surface area contributed by atoms with E-state index in [0.29, 0.717) is 37.0 Å². The van der Waals surface area contributed by atoms with Crippen molar-refractivity contribution in [3.05, 3.63) is 71.2 Å². The van der Waals surface area contributed by atoms with E-state index in [4.69, 9.17) is 15.5 Å². The fourth-order valence-electron chi connectivity index (χ4n) is 5.14. The van der Waals surface area contributed by atoms with Gasteiger partial charge in [-0.3, -0.25) is 4.79 Å². The number of carbonyl (C=O) groups is 1. The number of carbonyl (C=O) groups excluding carboxylic acids is 1. The number of anilines is 2. The fourth-order valence-corrected chi connectivity index (χ4v) is 5.14. The summed E-state index contributed by atoms with van der Waals surface area (Å²) >= 11 is 0. The number of aryl methyl sites for hydroxylation is 1. The first-order valence-electron chi connectivity index (χ1n) is 11.5. The number of aromatic nitrogens is 3. The second-order valence-corrected chi connectivity index (χ2v) is 8.84. The van der Waals surface area contributed by atoms with Crippen LogP contribution in [0, 0.1) is 0 Å². The molecular formula is C26H26N6O2. The molecule has 5 heterocycles. The van der Waals surface area contributed by atoms with E-state index in [-0.39, 0.29) is 5.91 Å². The Kier molecular flexibility index (Phi) is 5.04. The average molecular weight is 455 g/mol. The molecule has 0 aliphatic carbocycles. The molecule has 1 amide bonds. The normalized spacial score (nSPS) is 17.2. The summed E-state index contributed by atoms with van der Waals surface area (Å²) < 4.78 is 7.54. The SMILES string of the molecule is Cn1ccc2c(-c3ccc(Nc4ccc([C@@H]5CCOC5)c(CN)n4)c4c3CNC4=O)ccnc21. The smallest absolute Gasteiger partial charge is 0.254 e. The van der Waals surface area contributed by atoms with Gasteiger partial charge >= 0.3 is 0 Å². The van der Waals surface area contributed by atoms with Crippen molar-refractivity contribution in [1.82, 2.24) is 19.9 Å². The molecule has 3 aromatic heterocycles. The number of benzene rings is 1. The van der Waals surface area contributed by atoms with Crippen molar-refractivity contribution in [3.8, 4) is 11.1 Å². The number of nitrogens with one attached hydrogen (secondary N) is 2. The van der Waals surface area contributed by atoms with E-state index in [2.05, 4.69) is 33.8 Å². The molecule has 0 radical (unpaired) electrons. The van der Waals surface area contributed by atoms with Gasteiger partial charge in [0.15, 0.2) is 0 Å². The molecule has 1 fully saturated rings. The molecule has 6 rings (SSSR count). The van der Waals surface area contributed by atoms with E-state index in [1.165, 1.54) is 0 Å². The lowest BCUT2D eigenvalue weighted by Gasteiger charge is -2.16. The number of hydrogen-bond acceptors (Lipinski definition) is 6. The number of amides is 1. The van der Waals surface area contributed by atoms with Crippen molar-refractivity contribution < 1.29 is 9.53 Å². The monoisotopic (exact) mass is 454 g/mol. The third-order valence-electron chi connectivity index (χ3n) is 6.86. The van der Waals surface area contributed by atoms with E-state index in [9.17, 15) is 4.79 Å². The van der Waals surface area contributed by atoms with E-state index in [1.54, 1.807) is 0 Å². The van der Waals surface area contributed by atoms with Crippen LogP contribution in [0.3, 0.4) is 0 Å². The molecule has 0 unspecified atom stereocenters. The maximum Gasteiger partial charge on any atom is 0.254 e. The molecule has 8 heteroatoms. The Morgan fingerprint density at radius 2 is 2.12 bits per heavy atom. The molecule has 2 aliphatic heterocycles. The molecule has 1 atom stereocenters. The van der Waals surface area contributed by atoms with Crippen LogP contribution in [0.4, 0.5) is 11.5 Å². The number of ether oxygens (including phenoxy) is 1. The molecule has 2 aliphatic rings. The lowest BCUT2D eigenvalue weighted by Crippen LogP contribution is -2.14. The number of hydrogen-bond donors (Lipinski definition) is 3. The highest BCUT2D eigenvalue weighted by atomic mass is 16.5. The molecule has 0 saturated carbocycles. The van der Waals surface area contributed by atoms with Crippen molar-refractivity contribution in [2.24, 2.45) is 12.8 Å². The van der Waals surface area contributed by atoms with E-state index in [0.717, 1.165) is 57.7 Å². The summed E-state index contributed by atoms with van der Waals surface area (Å²) in [6, 6.07) is 12.1. The zero-order valence-electron chi connectivity index (χ0n) is 19.0. The quantitative estimate of drug-likeness (QED) is 0.426. The van der Waals surface area contributed by atoms with Crippen LogP contribution in [0.5, 0.6) is 0 Å². The summed E-state index contributed by atoms with van der Waals surface area (Å²) in [6.07, 6.45) is 4.80. The molecule has 8 nitrogen and oxygen atoms in total. The molecule has 34 heavy (non-hydrogen) atoms. The average Bonchev–Trinajstić information content (AvgIpc) is 3.61. The third kappa shape index (κ3) is 3.34. The molecule has 0 bridgehead atoms. The minimum Gasteiger partial charge on any atom is -0.381 e. The van der Waals surface area contributed by atoms with Crippen LogP contribution in [0.15, 0.2) is 48.8 Å². The first-order chi connectivity index (χ1) is 16.6. The Balaban J connectivity index is 1.40. The Morgan fingerprint density at radius 1 is 1.21 bits per heavy atom. The molecule has 0 spiro atoms. The number of nitrogens with two attached hydrogens (primary N) is 1. The highest BCUT2D eigenvalue weighted by Crippen LogP contribution is 2.38. The standard InChI is InChI=1S/C26H26N6O2/c1-32-10-7-19-18(6-9-28-25(19)32)17-2-4-21(24-20(17)13-29-26(24)33)30-23-5-3-16(22(12-27)31-23)15-8-11-34-14-15/h2-7,9-10,15H,8,11-14,27H2,1H3,(H,29,33)(H,30,31)/t15-/m1/s1. The minimum atomic E-state index is -0.0866. The van der Waals surface area contributed by atoms with Gasteiger partial charge in [0, 0.05) is 50.4 Å². The predicted molar refractivity (Wildman–Crippen MR) is 131 cm³/mol. The van der Waals surface area contributed by atoms with Crippen molar-refractivity contribution in [2.75, 3.05) is 18.5 Å². The van der Waals surface area contributed by atoms with Crippen molar-refractivity contribution in [2.45, 2.75) is 25.4 Å². The van der Waals surface area contributed by atoms with Gasteiger partial charge in [-0.25, -0.2) is 9.97 Å². The summed E-state index contributed by atoms with van der Waals surface area (Å²) in [5.41, 5.74) is 13.4. The van der Waals surface area contributed by atoms with Crippen LogP contribution in [0.2, 0.25) is 0 Å². The van der Waals surface area contributed by atoms with E-state index < -0.39 is 0 Å². The molecular weight excluding hydrogens is 428 g/mol. The molecule has 1 saturated heterocycles. The lowest BCUT2D eigenvalue weighted by atomic mass is 9.94. The Morgan fingerprint density at radius 3 is 2.94 bits per heavy atom. The van der Waals surface area contributed by atoms with Gasteiger partial charge in [-0.1, -0.05) is 12.1 Å². The number of fused-ring (bicyclic) bond motifs is 2. The summed E-state index contributed by atoms with van der Waals surface area (Å²) in [6.45, 7) is 2.32. The summed E-state index contributed by atoms with van der Waals surface area (Å²) in [5, 5.41) is 7.42. The Bertz CT molecular complexity index is 1420. The minimum absolute atomic E-state index is 0.0866. The Labute approximate surface area is 197 Å². The summed E-state index contributed by atoms with van der Waals surface area (Å²) in [7, 11) is 1.98. The van der Waals surface area contributed by atoms with Gasteiger partial charge in [-0.2, -0.15) is 0 Å². The van der Waals surface area contributed by atoms with Crippen LogP contribution in [0.25, 0.3) is 22.2 Å². The highest BCUT2D eigenvalue weighted by molar-refractivity contribution is 6.07. The van der Waals surface area contributed by atoms with Gasteiger partial charge in [0.1, 0.15) is 11.5 Å². The van der Waals surface area contributed by atoms with Crippen LogP contribution in [0.1, 0.15) is 39.5 Å². The first kappa shape index (κ1) is 20.8. The van der Waals surface area contributed by atoms with Crippen LogP contribution in [-0.4, -0.2) is 33.7 Å². The van der Waals surface area contributed by atoms with Gasteiger partial charge in [-0.15, -0.1) is 0 Å². The second-order valence-electron chi connectivity index (χ2n) is 8.84. The largest absolute Gasteiger partial charge is 0.381 e. The summed E-state index contributed by atoms with van der Waals surface area (Å²) in [4.78, 5) is 22.1. The maximum atomic E-state index is 12.9. The van der Waals surface area contributed by atoms with Crippen molar-refractivity contribution in [3.63, 3.8) is 0 Å². The number of nitrogens with zero attached hydrogens (tertiary/aromatic N) is 3. The van der Waals surface area contributed by atoms with E-state index in [1.807, 2.05) is 42.2 Å². The molecule has 4 aromatic rings. The van der Waals surface area contributed by atoms with Crippen molar-refractivity contribution in [1.29, 1.82) is 0 Å². The zero-order valence-corrected chi connectivity index (χ0v) is 19.0.